The third-order valence-corrected chi connectivity index (χ3v) is 2.45. The molecule has 0 amide bonds. The first-order valence-corrected chi connectivity index (χ1v) is 4.60. The van der Waals surface area contributed by atoms with Crippen molar-refractivity contribution in [2.24, 2.45) is 0 Å². The highest BCUT2D eigenvalue weighted by atomic mass is 16.5. The van der Waals surface area contributed by atoms with Crippen molar-refractivity contribution in [3.8, 4) is 12.3 Å². The van der Waals surface area contributed by atoms with Crippen molar-refractivity contribution >= 4 is 5.97 Å². The molecule has 0 aliphatic carbocycles. The molecule has 1 aliphatic rings. The van der Waals surface area contributed by atoms with Gasteiger partial charge in [-0.3, -0.25) is 10.1 Å². The topological polar surface area (TPSA) is 47.6 Å². The van der Waals surface area contributed by atoms with Crippen molar-refractivity contribution in [3.05, 3.63) is 0 Å². The van der Waals surface area contributed by atoms with E-state index in [1.807, 2.05) is 0 Å². The molecule has 1 heterocycles. The highest BCUT2D eigenvalue weighted by Crippen LogP contribution is 2.21. The van der Waals surface area contributed by atoms with Gasteiger partial charge in [-0.1, -0.05) is 5.92 Å². The van der Waals surface area contributed by atoms with Crippen LogP contribution in [-0.2, 0) is 14.3 Å². The van der Waals surface area contributed by atoms with E-state index in [1.54, 1.807) is 0 Å². The maximum Gasteiger partial charge on any atom is 0.326 e. The van der Waals surface area contributed by atoms with E-state index >= 15 is 0 Å². The van der Waals surface area contributed by atoms with Gasteiger partial charge in [0.1, 0.15) is 5.54 Å². The number of ether oxygens (including phenoxy) is 2. The van der Waals surface area contributed by atoms with Gasteiger partial charge in [0, 0.05) is 13.2 Å². The van der Waals surface area contributed by atoms with Crippen molar-refractivity contribution in [2.45, 2.75) is 18.4 Å². The first-order valence-electron chi connectivity index (χ1n) is 4.60. The van der Waals surface area contributed by atoms with Crippen molar-refractivity contribution in [3.63, 3.8) is 0 Å². The molecule has 14 heavy (non-hydrogen) atoms. The molecule has 0 aromatic carbocycles. The largest absolute Gasteiger partial charge is 0.468 e. The standard InChI is InChI=1S/C10H15NO3/c1-3-6-11-10(9(12)13-2)4-7-14-8-5-10/h1,11H,4-8H2,2H3. The fraction of sp³-hybridized carbons (Fsp3) is 0.700. The van der Waals surface area contributed by atoms with E-state index in [0.717, 1.165) is 0 Å². The molecule has 78 valence electrons. The summed E-state index contributed by atoms with van der Waals surface area (Å²) in [6.07, 6.45) is 6.38. The number of hydrogen-bond donors (Lipinski definition) is 1. The Morgan fingerprint density at radius 3 is 2.79 bits per heavy atom. The molecule has 0 bridgehead atoms. The summed E-state index contributed by atoms with van der Waals surface area (Å²) in [6, 6.07) is 0. The summed E-state index contributed by atoms with van der Waals surface area (Å²) in [5, 5.41) is 3.04. The Hall–Kier alpha value is -1.05. The molecule has 0 aromatic rings. The van der Waals surface area contributed by atoms with Crippen molar-refractivity contribution in [1.82, 2.24) is 5.32 Å². The van der Waals surface area contributed by atoms with Crippen molar-refractivity contribution in [2.75, 3.05) is 26.9 Å². The molecule has 4 nitrogen and oxygen atoms in total. The number of carbonyl (C=O) groups excluding carboxylic acids is 1. The predicted octanol–water partition coefficient (Wildman–Crippen LogP) is -0.0686. The molecule has 0 saturated carbocycles. The first kappa shape index (κ1) is 11.0. The second-order valence-electron chi connectivity index (χ2n) is 3.24. The van der Waals surface area contributed by atoms with Crippen LogP contribution >= 0.6 is 0 Å². The summed E-state index contributed by atoms with van der Waals surface area (Å²) in [7, 11) is 1.39. The number of esters is 1. The maximum atomic E-state index is 11.6. The minimum Gasteiger partial charge on any atom is -0.468 e. The number of rotatable bonds is 3. The van der Waals surface area contributed by atoms with Gasteiger partial charge in [0.05, 0.1) is 13.7 Å². The molecule has 1 fully saturated rings. The number of hydrogen-bond acceptors (Lipinski definition) is 4. The van der Waals surface area contributed by atoms with Crippen LogP contribution in [0.25, 0.3) is 0 Å². The van der Waals surface area contributed by atoms with Gasteiger partial charge in [-0.15, -0.1) is 6.42 Å². The molecule has 0 radical (unpaired) electrons. The van der Waals surface area contributed by atoms with Crippen LogP contribution in [-0.4, -0.2) is 38.4 Å². The number of methoxy groups -OCH3 is 1. The summed E-state index contributed by atoms with van der Waals surface area (Å²) < 4.78 is 9.96. The van der Waals surface area contributed by atoms with Gasteiger partial charge in [-0.05, 0) is 12.8 Å². The molecular formula is C10H15NO3. The van der Waals surface area contributed by atoms with Crippen molar-refractivity contribution in [1.29, 1.82) is 0 Å². The van der Waals surface area contributed by atoms with Crippen LogP contribution in [0, 0.1) is 12.3 Å². The minimum atomic E-state index is -0.640. The monoisotopic (exact) mass is 197 g/mol. The second kappa shape index (κ2) is 4.99. The van der Waals surface area contributed by atoms with Crippen LogP contribution in [0.4, 0.5) is 0 Å². The zero-order valence-corrected chi connectivity index (χ0v) is 8.34. The van der Waals surface area contributed by atoms with Crippen LogP contribution in [0.15, 0.2) is 0 Å². The van der Waals surface area contributed by atoms with E-state index in [1.165, 1.54) is 7.11 Å². The SMILES string of the molecule is C#CCNC1(C(=O)OC)CCOCC1. The van der Waals surface area contributed by atoms with Gasteiger partial charge in [-0.25, -0.2) is 0 Å². The lowest BCUT2D eigenvalue weighted by Gasteiger charge is -2.34. The Kier molecular flexibility index (Phi) is 3.93. The molecule has 0 atom stereocenters. The summed E-state index contributed by atoms with van der Waals surface area (Å²) in [5.41, 5.74) is -0.640. The molecule has 1 N–H and O–H groups in total. The van der Waals surface area contributed by atoms with Crippen LogP contribution < -0.4 is 5.32 Å². The third-order valence-electron chi connectivity index (χ3n) is 2.45. The molecular weight excluding hydrogens is 182 g/mol. The molecule has 0 aromatic heterocycles. The molecule has 0 unspecified atom stereocenters. The van der Waals surface area contributed by atoms with Gasteiger partial charge in [0.2, 0.25) is 0 Å². The summed E-state index contributed by atoms with van der Waals surface area (Å²) in [5.74, 6) is 2.21. The quantitative estimate of drug-likeness (QED) is 0.508. The predicted molar refractivity (Wildman–Crippen MR) is 51.6 cm³/mol. The molecule has 0 spiro atoms. The van der Waals surface area contributed by atoms with Crippen LogP contribution in [0.3, 0.4) is 0 Å². The van der Waals surface area contributed by atoms with Gasteiger partial charge < -0.3 is 9.47 Å². The highest BCUT2D eigenvalue weighted by Gasteiger charge is 2.40. The zero-order valence-electron chi connectivity index (χ0n) is 8.34. The van der Waals surface area contributed by atoms with Gasteiger partial charge in [0.15, 0.2) is 0 Å². The van der Waals surface area contributed by atoms with Crippen LogP contribution in [0.1, 0.15) is 12.8 Å². The van der Waals surface area contributed by atoms with Gasteiger partial charge >= 0.3 is 5.97 Å². The fourth-order valence-electron chi connectivity index (χ4n) is 1.59. The van der Waals surface area contributed by atoms with E-state index < -0.39 is 5.54 Å². The van der Waals surface area contributed by atoms with Crippen LogP contribution in [0.5, 0.6) is 0 Å². The number of nitrogens with one attached hydrogen (secondary N) is 1. The molecule has 4 heteroatoms. The van der Waals surface area contributed by atoms with E-state index in [-0.39, 0.29) is 5.97 Å². The lowest BCUT2D eigenvalue weighted by atomic mass is 9.90. The smallest absolute Gasteiger partial charge is 0.326 e. The minimum absolute atomic E-state index is 0.254. The number of terminal acetylenes is 1. The average Bonchev–Trinajstić information content (AvgIpc) is 2.26. The molecule has 1 saturated heterocycles. The normalized spacial score (nSPS) is 19.7. The Bertz CT molecular complexity index is 238. The first-order chi connectivity index (χ1) is 6.75. The fourth-order valence-corrected chi connectivity index (χ4v) is 1.59. The molecule has 1 rings (SSSR count). The lowest BCUT2D eigenvalue weighted by molar-refractivity contribution is -0.152. The zero-order chi connectivity index (χ0) is 10.4. The van der Waals surface area contributed by atoms with E-state index in [9.17, 15) is 4.79 Å². The highest BCUT2D eigenvalue weighted by molar-refractivity contribution is 5.81. The van der Waals surface area contributed by atoms with E-state index in [4.69, 9.17) is 15.9 Å². The summed E-state index contributed by atoms with van der Waals surface area (Å²) >= 11 is 0. The van der Waals surface area contributed by atoms with Crippen LogP contribution in [0.2, 0.25) is 0 Å². The average molecular weight is 197 g/mol. The lowest BCUT2D eigenvalue weighted by Crippen LogP contribution is -2.56. The maximum absolute atomic E-state index is 11.6. The summed E-state index contributed by atoms with van der Waals surface area (Å²) in [6.45, 7) is 1.49. The Morgan fingerprint density at radius 1 is 1.64 bits per heavy atom. The van der Waals surface area contributed by atoms with E-state index in [0.29, 0.717) is 32.6 Å². The van der Waals surface area contributed by atoms with E-state index in [2.05, 4.69) is 11.2 Å². The Balaban J connectivity index is 2.67. The summed E-state index contributed by atoms with van der Waals surface area (Å²) in [4.78, 5) is 11.6. The van der Waals surface area contributed by atoms with Crippen molar-refractivity contribution < 1.29 is 14.3 Å². The van der Waals surface area contributed by atoms with Gasteiger partial charge in [-0.2, -0.15) is 0 Å². The third kappa shape index (κ3) is 2.25. The Morgan fingerprint density at radius 2 is 2.29 bits per heavy atom. The number of carbonyl (C=O) groups is 1. The Labute approximate surface area is 84.0 Å². The second-order valence-corrected chi connectivity index (χ2v) is 3.24. The van der Waals surface area contributed by atoms with Gasteiger partial charge in [0.25, 0.3) is 0 Å². The molecule has 1 aliphatic heterocycles.